The third-order valence-electron chi connectivity index (χ3n) is 3.28. The summed E-state index contributed by atoms with van der Waals surface area (Å²) in [6.45, 7) is 5.99. The van der Waals surface area contributed by atoms with Crippen LogP contribution >= 0.6 is 0 Å². The van der Waals surface area contributed by atoms with Gasteiger partial charge in [-0.2, -0.15) is 5.10 Å². The molecule has 0 fully saturated rings. The third kappa shape index (κ3) is 2.75. The zero-order chi connectivity index (χ0) is 13.0. The van der Waals surface area contributed by atoms with Gasteiger partial charge in [-0.05, 0) is 37.9 Å². The fourth-order valence-corrected chi connectivity index (χ4v) is 2.32. The van der Waals surface area contributed by atoms with Crippen LogP contribution in [0.5, 0.6) is 0 Å². The molecule has 1 aliphatic heterocycles. The van der Waals surface area contributed by atoms with Gasteiger partial charge in [0, 0.05) is 7.05 Å². The lowest BCUT2D eigenvalue weighted by molar-refractivity contribution is 0.166. The number of hydrogen-bond donors (Lipinski definition) is 1. The van der Waals surface area contributed by atoms with Crippen molar-refractivity contribution in [1.82, 2.24) is 15.1 Å². The van der Waals surface area contributed by atoms with E-state index in [4.69, 9.17) is 4.74 Å². The fourth-order valence-electron chi connectivity index (χ4n) is 2.32. The highest BCUT2D eigenvalue weighted by Crippen LogP contribution is 2.26. The Morgan fingerprint density at radius 3 is 2.89 bits per heavy atom. The number of aryl methyl sites for hydroxylation is 2. The maximum absolute atomic E-state index is 5.80. The second-order valence-electron chi connectivity index (χ2n) is 4.63. The first-order valence-electron chi connectivity index (χ1n) is 6.85. The monoisotopic (exact) mass is 249 g/mol. The molecule has 100 valence electrons. The Kier molecular flexibility index (Phi) is 4.42. The molecule has 0 aliphatic carbocycles. The number of likely N-dealkylation sites (N-methyl/N-ethyl adjacent to an activating group) is 1. The van der Waals surface area contributed by atoms with Gasteiger partial charge in [0.1, 0.15) is 11.8 Å². The smallest absolute Gasteiger partial charge is 0.115 e. The molecule has 1 unspecified atom stereocenters. The van der Waals surface area contributed by atoms with Crippen molar-refractivity contribution in [3.8, 4) is 0 Å². The number of nitrogens with one attached hydrogen (secondary N) is 1. The van der Waals surface area contributed by atoms with Crippen molar-refractivity contribution < 1.29 is 4.74 Å². The van der Waals surface area contributed by atoms with Gasteiger partial charge >= 0.3 is 0 Å². The number of nitrogens with zero attached hydrogens (tertiary/aromatic N) is 2. The summed E-state index contributed by atoms with van der Waals surface area (Å²) >= 11 is 0. The Morgan fingerprint density at radius 2 is 2.33 bits per heavy atom. The van der Waals surface area contributed by atoms with E-state index in [1.165, 1.54) is 5.69 Å². The van der Waals surface area contributed by atoms with E-state index in [1.807, 2.05) is 11.7 Å². The number of allylic oxidation sites excluding steroid dienone is 1. The predicted octanol–water partition coefficient (Wildman–Crippen LogP) is 2.33. The Bertz CT molecular complexity index is 423. The molecule has 0 aromatic carbocycles. The summed E-state index contributed by atoms with van der Waals surface area (Å²) < 4.78 is 7.77. The van der Waals surface area contributed by atoms with Gasteiger partial charge in [-0.15, -0.1) is 0 Å². The number of ether oxygens (including phenoxy) is 1. The second-order valence-corrected chi connectivity index (χ2v) is 4.63. The molecule has 0 bridgehead atoms. The predicted molar refractivity (Wildman–Crippen MR) is 72.3 cm³/mol. The van der Waals surface area contributed by atoms with E-state index in [0.717, 1.165) is 43.9 Å². The van der Waals surface area contributed by atoms with E-state index >= 15 is 0 Å². The van der Waals surface area contributed by atoms with E-state index in [1.54, 1.807) is 0 Å². The largest absolute Gasteiger partial charge is 0.496 e. The van der Waals surface area contributed by atoms with Crippen LogP contribution in [0.1, 0.15) is 44.1 Å². The summed E-state index contributed by atoms with van der Waals surface area (Å²) in [4.78, 5) is 0. The molecule has 1 aliphatic rings. The van der Waals surface area contributed by atoms with Gasteiger partial charge in [0.2, 0.25) is 0 Å². The quantitative estimate of drug-likeness (QED) is 0.870. The zero-order valence-corrected chi connectivity index (χ0v) is 11.6. The highest BCUT2D eigenvalue weighted by molar-refractivity contribution is 5.22. The van der Waals surface area contributed by atoms with Crippen LogP contribution in [-0.2, 0) is 18.2 Å². The lowest BCUT2D eigenvalue weighted by Crippen LogP contribution is -2.27. The fraction of sp³-hybridized carbons (Fsp3) is 0.643. The van der Waals surface area contributed by atoms with Crippen LogP contribution in [0, 0.1) is 0 Å². The van der Waals surface area contributed by atoms with Crippen molar-refractivity contribution in [1.29, 1.82) is 0 Å². The molecule has 4 nitrogen and oxygen atoms in total. The summed E-state index contributed by atoms with van der Waals surface area (Å²) in [5, 5.41) is 8.01. The van der Waals surface area contributed by atoms with E-state index < -0.39 is 0 Å². The average molecular weight is 249 g/mol. The second kappa shape index (κ2) is 6.05. The van der Waals surface area contributed by atoms with Crippen LogP contribution in [0.3, 0.4) is 0 Å². The lowest BCUT2D eigenvalue weighted by Gasteiger charge is -2.24. The Balaban J connectivity index is 2.28. The molecule has 0 radical (unpaired) electrons. The SMILES string of the molecule is CCNC(C1=CCCCO1)c1cc(CC)nn1C. The van der Waals surface area contributed by atoms with Crippen molar-refractivity contribution >= 4 is 0 Å². The molecular formula is C14H23N3O. The van der Waals surface area contributed by atoms with Gasteiger partial charge in [-0.3, -0.25) is 4.68 Å². The molecule has 2 rings (SSSR count). The van der Waals surface area contributed by atoms with Gasteiger partial charge in [-0.1, -0.05) is 13.8 Å². The summed E-state index contributed by atoms with van der Waals surface area (Å²) in [5.41, 5.74) is 2.31. The van der Waals surface area contributed by atoms with Crippen molar-refractivity contribution in [3.63, 3.8) is 0 Å². The first-order chi connectivity index (χ1) is 8.76. The first kappa shape index (κ1) is 13.1. The lowest BCUT2D eigenvalue weighted by atomic mass is 10.1. The average Bonchev–Trinajstić information content (AvgIpc) is 2.78. The van der Waals surface area contributed by atoms with Gasteiger partial charge in [0.25, 0.3) is 0 Å². The van der Waals surface area contributed by atoms with Crippen LogP contribution in [0.15, 0.2) is 17.9 Å². The standard InChI is InChI=1S/C14H23N3O/c1-4-11-10-12(17(3)16-11)14(15-5-2)13-8-6-7-9-18-13/h8,10,14-15H,4-7,9H2,1-3H3. The normalized spacial score (nSPS) is 17.2. The topological polar surface area (TPSA) is 39.1 Å². The highest BCUT2D eigenvalue weighted by atomic mass is 16.5. The Morgan fingerprint density at radius 1 is 1.50 bits per heavy atom. The summed E-state index contributed by atoms with van der Waals surface area (Å²) in [6, 6.07) is 2.31. The van der Waals surface area contributed by atoms with Crippen LogP contribution in [-0.4, -0.2) is 22.9 Å². The molecule has 0 saturated heterocycles. The number of hydrogen-bond acceptors (Lipinski definition) is 3. The van der Waals surface area contributed by atoms with Crippen LogP contribution in [0.4, 0.5) is 0 Å². The first-order valence-corrected chi connectivity index (χ1v) is 6.85. The summed E-state index contributed by atoms with van der Waals surface area (Å²) in [5.74, 6) is 1.05. The van der Waals surface area contributed by atoms with Gasteiger partial charge in [0.05, 0.1) is 18.0 Å². The van der Waals surface area contributed by atoms with Crippen molar-refractivity contribution in [2.45, 2.75) is 39.2 Å². The van der Waals surface area contributed by atoms with Gasteiger partial charge in [0.15, 0.2) is 0 Å². The van der Waals surface area contributed by atoms with E-state index in [-0.39, 0.29) is 6.04 Å². The van der Waals surface area contributed by atoms with E-state index in [0.29, 0.717) is 0 Å². The van der Waals surface area contributed by atoms with Crippen molar-refractivity contribution in [3.05, 3.63) is 29.3 Å². The van der Waals surface area contributed by atoms with Gasteiger partial charge in [-0.25, -0.2) is 0 Å². The van der Waals surface area contributed by atoms with Crippen LogP contribution in [0.25, 0.3) is 0 Å². The summed E-state index contributed by atoms with van der Waals surface area (Å²) in [7, 11) is 2.00. The maximum atomic E-state index is 5.80. The number of aromatic nitrogens is 2. The molecule has 1 aromatic heterocycles. The van der Waals surface area contributed by atoms with E-state index in [9.17, 15) is 0 Å². The Hall–Kier alpha value is -1.29. The minimum Gasteiger partial charge on any atom is -0.496 e. The minimum absolute atomic E-state index is 0.132. The molecule has 1 aromatic rings. The maximum Gasteiger partial charge on any atom is 0.115 e. The molecule has 18 heavy (non-hydrogen) atoms. The molecule has 1 atom stereocenters. The Labute approximate surface area is 109 Å². The zero-order valence-electron chi connectivity index (χ0n) is 11.6. The third-order valence-corrected chi connectivity index (χ3v) is 3.28. The molecule has 4 heteroatoms. The molecule has 1 N–H and O–H groups in total. The molecule has 2 heterocycles. The molecular weight excluding hydrogens is 226 g/mol. The minimum atomic E-state index is 0.132. The highest BCUT2D eigenvalue weighted by Gasteiger charge is 2.22. The van der Waals surface area contributed by atoms with Crippen molar-refractivity contribution in [2.75, 3.05) is 13.2 Å². The summed E-state index contributed by atoms with van der Waals surface area (Å²) in [6.07, 6.45) is 5.39. The molecule has 0 spiro atoms. The van der Waals surface area contributed by atoms with Crippen LogP contribution in [0.2, 0.25) is 0 Å². The van der Waals surface area contributed by atoms with Gasteiger partial charge < -0.3 is 10.1 Å². The van der Waals surface area contributed by atoms with Crippen molar-refractivity contribution in [2.24, 2.45) is 7.05 Å². The van der Waals surface area contributed by atoms with E-state index in [2.05, 4.69) is 36.4 Å². The van der Waals surface area contributed by atoms with Crippen LogP contribution < -0.4 is 5.32 Å². The molecule has 0 amide bonds. The molecule has 0 saturated carbocycles. The number of rotatable bonds is 5.